The Hall–Kier alpha value is -4.39. The zero-order valence-corrected chi connectivity index (χ0v) is 18.6. The van der Waals surface area contributed by atoms with Gasteiger partial charge in [-0.25, -0.2) is 10.1 Å². The Morgan fingerprint density at radius 1 is 1.03 bits per heavy atom. The molecule has 7 heteroatoms. The lowest BCUT2D eigenvalue weighted by Crippen LogP contribution is -2.18. The normalized spacial score (nSPS) is 11.0. The van der Waals surface area contributed by atoms with Crippen LogP contribution in [0, 0.1) is 13.8 Å². The molecule has 3 aromatic carbocycles. The Balaban J connectivity index is 1.64. The molecular weight excluding hydrogens is 416 g/mol. The van der Waals surface area contributed by atoms with Crippen LogP contribution in [-0.2, 0) is 0 Å². The van der Waals surface area contributed by atoms with Crippen molar-refractivity contribution in [3.05, 3.63) is 95.2 Å². The summed E-state index contributed by atoms with van der Waals surface area (Å²) < 4.78 is 6.84. The Bertz CT molecular complexity index is 1320. The smallest absolute Gasteiger partial charge is 0.291 e. The standard InChI is InChI=1S/C26H24N4O3/c1-17-10-12-19(13-11-17)23-15-22(29-30(23)21-8-4-6-18(2)14-21)26(32)28-27-16-20-7-5-9-24(33-3)25(20)31/h4-16,31H,1-3H3,(H,28,32)/b27-16-. The number of aromatic nitrogens is 2. The predicted octanol–water partition coefficient (Wildman–Crippen LogP) is 4.63. The number of hydrazone groups is 1. The van der Waals surface area contributed by atoms with Gasteiger partial charge in [0.15, 0.2) is 17.2 Å². The van der Waals surface area contributed by atoms with Crippen LogP contribution in [0.2, 0.25) is 0 Å². The number of hydrogen-bond donors (Lipinski definition) is 2. The number of aromatic hydroxyl groups is 1. The molecule has 2 N–H and O–H groups in total. The Labute approximate surface area is 192 Å². The molecule has 0 saturated heterocycles. The first-order valence-electron chi connectivity index (χ1n) is 10.4. The van der Waals surface area contributed by atoms with Gasteiger partial charge in [-0.2, -0.15) is 10.2 Å². The first kappa shape index (κ1) is 21.8. The van der Waals surface area contributed by atoms with Gasteiger partial charge in [-0.3, -0.25) is 4.79 Å². The van der Waals surface area contributed by atoms with E-state index >= 15 is 0 Å². The molecule has 1 aromatic heterocycles. The predicted molar refractivity (Wildman–Crippen MR) is 128 cm³/mol. The zero-order chi connectivity index (χ0) is 23.4. The van der Waals surface area contributed by atoms with E-state index in [4.69, 9.17) is 4.74 Å². The molecule has 0 atom stereocenters. The molecule has 4 aromatic rings. The second-order valence-corrected chi connectivity index (χ2v) is 7.63. The fraction of sp³-hybridized carbons (Fsp3) is 0.115. The second kappa shape index (κ2) is 9.40. The molecule has 0 aliphatic rings. The van der Waals surface area contributed by atoms with E-state index in [0.717, 1.165) is 28.1 Å². The zero-order valence-electron chi connectivity index (χ0n) is 18.6. The maximum atomic E-state index is 12.8. The van der Waals surface area contributed by atoms with E-state index in [9.17, 15) is 9.90 Å². The number of para-hydroxylation sites is 1. The number of nitrogens with one attached hydrogen (secondary N) is 1. The van der Waals surface area contributed by atoms with Crippen LogP contribution in [0.25, 0.3) is 16.9 Å². The molecule has 0 spiro atoms. The van der Waals surface area contributed by atoms with Gasteiger partial charge in [-0.1, -0.05) is 48.0 Å². The maximum Gasteiger partial charge on any atom is 0.291 e. The third-order valence-corrected chi connectivity index (χ3v) is 5.16. The number of ether oxygens (including phenoxy) is 1. The van der Waals surface area contributed by atoms with E-state index in [0.29, 0.717) is 11.3 Å². The van der Waals surface area contributed by atoms with Gasteiger partial charge in [-0.05, 0) is 49.7 Å². The number of rotatable bonds is 6. The summed E-state index contributed by atoms with van der Waals surface area (Å²) in [6.45, 7) is 4.04. The van der Waals surface area contributed by atoms with Crippen molar-refractivity contribution in [1.29, 1.82) is 0 Å². The van der Waals surface area contributed by atoms with Gasteiger partial charge in [0.2, 0.25) is 0 Å². The summed E-state index contributed by atoms with van der Waals surface area (Å²) in [5.41, 5.74) is 7.94. The summed E-state index contributed by atoms with van der Waals surface area (Å²) >= 11 is 0. The molecule has 0 aliphatic carbocycles. The van der Waals surface area contributed by atoms with Crippen molar-refractivity contribution in [3.63, 3.8) is 0 Å². The third-order valence-electron chi connectivity index (χ3n) is 5.16. The van der Waals surface area contributed by atoms with Gasteiger partial charge in [-0.15, -0.1) is 0 Å². The molecule has 166 valence electrons. The number of benzene rings is 3. The topological polar surface area (TPSA) is 88.7 Å². The molecule has 4 rings (SSSR count). The fourth-order valence-corrected chi connectivity index (χ4v) is 3.40. The van der Waals surface area contributed by atoms with Gasteiger partial charge >= 0.3 is 0 Å². The number of amides is 1. The van der Waals surface area contributed by atoms with Gasteiger partial charge < -0.3 is 9.84 Å². The minimum Gasteiger partial charge on any atom is -0.504 e. The van der Waals surface area contributed by atoms with Crippen LogP contribution in [0.1, 0.15) is 27.2 Å². The number of methoxy groups -OCH3 is 1. The highest BCUT2D eigenvalue weighted by atomic mass is 16.5. The molecule has 0 aliphatic heterocycles. The van der Waals surface area contributed by atoms with Crippen molar-refractivity contribution in [1.82, 2.24) is 15.2 Å². The van der Waals surface area contributed by atoms with Crippen LogP contribution in [0.4, 0.5) is 0 Å². The molecule has 7 nitrogen and oxygen atoms in total. The molecule has 0 fully saturated rings. The van der Waals surface area contributed by atoms with Crippen LogP contribution in [0.3, 0.4) is 0 Å². The summed E-state index contributed by atoms with van der Waals surface area (Å²) in [6.07, 6.45) is 1.36. The van der Waals surface area contributed by atoms with Crippen molar-refractivity contribution in [2.45, 2.75) is 13.8 Å². The van der Waals surface area contributed by atoms with Gasteiger partial charge in [0.1, 0.15) is 0 Å². The molecule has 1 heterocycles. The number of nitrogens with zero attached hydrogens (tertiary/aromatic N) is 3. The van der Waals surface area contributed by atoms with Crippen LogP contribution in [0.15, 0.2) is 77.9 Å². The highest BCUT2D eigenvalue weighted by Gasteiger charge is 2.17. The van der Waals surface area contributed by atoms with E-state index in [1.807, 2.05) is 62.4 Å². The lowest BCUT2D eigenvalue weighted by molar-refractivity contribution is 0.0949. The Kier molecular flexibility index (Phi) is 6.22. The minimum absolute atomic E-state index is 0.0524. The first-order chi connectivity index (χ1) is 16.0. The van der Waals surface area contributed by atoms with Crippen molar-refractivity contribution in [3.8, 4) is 28.4 Å². The van der Waals surface area contributed by atoms with Crippen molar-refractivity contribution < 1.29 is 14.6 Å². The van der Waals surface area contributed by atoms with Gasteiger partial charge in [0, 0.05) is 11.1 Å². The quantitative estimate of drug-likeness (QED) is 0.338. The van der Waals surface area contributed by atoms with E-state index in [-0.39, 0.29) is 11.4 Å². The number of carbonyl (C=O) groups is 1. The number of phenols is 1. The maximum absolute atomic E-state index is 12.8. The first-order valence-corrected chi connectivity index (χ1v) is 10.4. The average molecular weight is 441 g/mol. The fourth-order valence-electron chi connectivity index (χ4n) is 3.40. The second-order valence-electron chi connectivity index (χ2n) is 7.63. The molecule has 0 unspecified atom stereocenters. The number of hydrogen-bond acceptors (Lipinski definition) is 5. The number of aryl methyl sites for hydroxylation is 2. The van der Waals surface area contributed by atoms with Crippen molar-refractivity contribution in [2.24, 2.45) is 5.10 Å². The monoisotopic (exact) mass is 440 g/mol. The van der Waals surface area contributed by atoms with Crippen LogP contribution >= 0.6 is 0 Å². The molecular formula is C26H24N4O3. The van der Waals surface area contributed by atoms with Crippen LogP contribution in [0.5, 0.6) is 11.5 Å². The van der Waals surface area contributed by atoms with E-state index in [1.54, 1.807) is 28.9 Å². The minimum atomic E-state index is -0.464. The Morgan fingerprint density at radius 2 is 1.79 bits per heavy atom. The Morgan fingerprint density at radius 3 is 2.52 bits per heavy atom. The van der Waals surface area contributed by atoms with E-state index < -0.39 is 5.91 Å². The average Bonchev–Trinajstić information content (AvgIpc) is 3.26. The van der Waals surface area contributed by atoms with Gasteiger partial charge in [0.25, 0.3) is 5.91 Å². The number of carbonyl (C=O) groups excluding carboxylic acids is 1. The largest absolute Gasteiger partial charge is 0.504 e. The van der Waals surface area contributed by atoms with Crippen LogP contribution < -0.4 is 10.2 Å². The molecule has 0 saturated carbocycles. The van der Waals surface area contributed by atoms with Crippen LogP contribution in [-0.4, -0.2) is 34.1 Å². The summed E-state index contributed by atoms with van der Waals surface area (Å²) in [5.74, 6) is -0.193. The molecule has 1 amide bonds. The van der Waals surface area contributed by atoms with E-state index in [2.05, 4.69) is 15.6 Å². The lowest BCUT2D eigenvalue weighted by Gasteiger charge is -2.08. The van der Waals surface area contributed by atoms with Crippen molar-refractivity contribution >= 4 is 12.1 Å². The number of phenolic OH excluding ortho intramolecular Hbond substituents is 1. The highest BCUT2D eigenvalue weighted by molar-refractivity contribution is 5.94. The molecule has 0 bridgehead atoms. The molecule has 0 radical (unpaired) electrons. The summed E-state index contributed by atoms with van der Waals surface area (Å²) in [7, 11) is 1.47. The summed E-state index contributed by atoms with van der Waals surface area (Å²) in [6, 6.07) is 22.7. The summed E-state index contributed by atoms with van der Waals surface area (Å²) in [4.78, 5) is 12.8. The highest BCUT2D eigenvalue weighted by Crippen LogP contribution is 2.28. The van der Waals surface area contributed by atoms with Gasteiger partial charge in [0.05, 0.1) is 24.7 Å². The lowest BCUT2D eigenvalue weighted by atomic mass is 10.1. The molecule has 33 heavy (non-hydrogen) atoms. The van der Waals surface area contributed by atoms with Crippen molar-refractivity contribution in [2.75, 3.05) is 7.11 Å². The summed E-state index contributed by atoms with van der Waals surface area (Å²) in [5, 5.41) is 18.7. The SMILES string of the molecule is COc1cccc(/C=N\NC(=O)c2cc(-c3ccc(C)cc3)n(-c3cccc(C)c3)n2)c1O. The van der Waals surface area contributed by atoms with E-state index in [1.165, 1.54) is 13.3 Å². The third kappa shape index (κ3) is 4.77.